The molecule has 1 amide bonds. The second kappa shape index (κ2) is 8.71. The molecule has 0 aliphatic carbocycles. The van der Waals surface area contributed by atoms with Crippen LogP contribution < -0.4 is 15.4 Å². The molecule has 0 heterocycles. The predicted octanol–water partition coefficient (Wildman–Crippen LogP) is 5.61. The maximum absolute atomic E-state index is 12.9. The number of anilines is 1. The van der Waals surface area contributed by atoms with E-state index in [1.165, 1.54) is 0 Å². The largest absolute Gasteiger partial charge is 0.495 e. The van der Waals surface area contributed by atoms with E-state index in [9.17, 15) is 4.79 Å². The average Bonchev–Trinajstić information content (AvgIpc) is 2.69. The van der Waals surface area contributed by atoms with Gasteiger partial charge in [-0.2, -0.15) is 0 Å². The predicted molar refractivity (Wildman–Crippen MR) is 122 cm³/mol. The van der Waals surface area contributed by atoms with Crippen LogP contribution >= 0.6 is 28.1 Å². The Kier molecular flexibility index (Phi) is 6.31. The third-order valence-corrected chi connectivity index (χ3v) is 5.59. The van der Waals surface area contributed by atoms with Gasteiger partial charge in [0.25, 0.3) is 5.91 Å². The van der Waals surface area contributed by atoms with Crippen molar-refractivity contribution in [1.29, 1.82) is 0 Å². The van der Waals surface area contributed by atoms with Crippen molar-refractivity contribution in [2.75, 3.05) is 12.4 Å². The molecule has 0 fully saturated rings. The lowest BCUT2D eigenvalue weighted by Gasteiger charge is -2.17. The minimum atomic E-state index is -0.326. The molecule has 0 spiro atoms. The Balaban J connectivity index is 1.88. The molecule has 28 heavy (non-hydrogen) atoms. The molecule has 2 N–H and O–H groups in total. The summed E-state index contributed by atoms with van der Waals surface area (Å²) in [5, 5.41) is 8.10. The highest BCUT2D eigenvalue weighted by Crippen LogP contribution is 2.36. The number of amides is 1. The maximum Gasteiger partial charge on any atom is 0.261 e. The summed E-state index contributed by atoms with van der Waals surface area (Å²) in [7, 11) is 1.54. The van der Waals surface area contributed by atoms with E-state index >= 15 is 0 Å². The van der Waals surface area contributed by atoms with Gasteiger partial charge in [-0.3, -0.25) is 10.1 Å². The first kappa shape index (κ1) is 20.3. The monoisotopic (exact) mass is 456 g/mol. The second-order valence-electron chi connectivity index (χ2n) is 6.36. The van der Waals surface area contributed by atoms with Gasteiger partial charge in [-0.1, -0.05) is 49.4 Å². The number of rotatable bonds is 4. The SMILES string of the molecule is CCc1cccc(C)c1NC(=S)NC(=O)c1cc2ccccc2c(Br)c1OC. The van der Waals surface area contributed by atoms with E-state index in [4.69, 9.17) is 17.0 Å². The number of carbonyl (C=O) groups is 1. The van der Waals surface area contributed by atoms with E-state index in [0.29, 0.717) is 11.3 Å². The van der Waals surface area contributed by atoms with Crippen molar-refractivity contribution in [3.8, 4) is 5.75 Å². The van der Waals surface area contributed by atoms with E-state index in [1.54, 1.807) is 7.11 Å². The zero-order valence-corrected chi connectivity index (χ0v) is 18.3. The summed E-state index contributed by atoms with van der Waals surface area (Å²) in [5.74, 6) is 0.150. The van der Waals surface area contributed by atoms with E-state index in [2.05, 4.69) is 33.5 Å². The normalized spacial score (nSPS) is 10.6. The Morgan fingerprint density at radius 1 is 1.18 bits per heavy atom. The van der Waals surface area contributed by atoms with Gasteiger partial charge in [0.1, 0.15) is 5.75 Å². The fourth-order valence-electron chi connectivity index (χ4n) is 3.17. The standard InChI is InChI=1S/C22H21BrN2O2S/c1-4-14-10-7-8-13(2)19(14)24-22(28)25-21(26)17-12-15-9-5-6-11-16(15)18(23)20(17)27-3/h5-12H,4H2,1-3H3,(H2,24,25,26,28). The number of ether oxygens (including phenoxy) is 1. The number of nitrogens with one attached hydrogen (secondary N) is 2. The number of carbonyl (C=O) groups excluding carboxylic acids is 1. The topological polar surface area (TPSA) is 50.4 Å². The molecule has 0 saturated heterocycles. The molecule has 0 bridgehead atoms. The molecule has 0 radical (unpaired) electrons. The molecule has 0 aromatic heterocycles. The van der Waals surface area contributed by atoms with Crippen LogP contribution in [0.1, 0.15) is 28.4 Å². The summed E-state index contributed by atoms with van der Waals surface area (Å²) >= 11 is 8.95. The van der Waals surface area contributed by atoms with E-state index in [1.807, 2.05) is 55.5 Å². The van der Waals surface area contributed by atoms with Crippen molar-refractivity contribution in [2.24, 2.45) is 0 Å². The number of hydrogen-bond acceptors (Lipinski definition) is 3. The molecule has 0 atom stereocenters. The molecule has 0 aliphatic rings. The van der Waals surface area contributed by atoms with Crippen molar-refractivity contribution in [3.05, 3.63) is 69.7 Å². The summed E-state index contributed by atoms with van der Waals surface area (Å²) in [6.07, 6.45) is 0.867. The molecule has 3 aromatic carbocycles. The molecule has 4 nitrogen and oxygen atoms in total. The third-order valence-electron chi connectivity index (χ3n) is 4.60. The van der Waals surface area contributed by atoms with Crippen LogP contribution in [0.5, 0.6) is 5.75 Å². The van der Waals surface area contributed by atoms with Crippen LogP contribution in [0.4, 0.5) is 5.69 Å². The summed E-state index contributed by atoms with van der Waals surface area (Å²) in [6, 6.07) is 15.7. The summed E-state index contributed by atoms with van der Waals surface area (Å²) in [6.45, 7) is 4.09. The lowest BCUT2D eigenvalue weighted by Crippen LogP contribution is -2.34. The molecule has 0 saturated carbocycles. The highest BCUT2D eigenvalue weighted by atomic mass is 79.9. The van der Waals surface area contributed by atoms with Crippen LogP contribution in [0, 0.1) is 6.92 Å². The molecular formula is C22H21BrN2O2S. The number of halogens is 1. The smallest absolute Gasteiger partial charge is 0.261 e. The number of hydrogen-bond donors (Lipinski definition) is 2. The van der Waals surface area contributed by atoms with Gasteiger partial charge < -0.3 is 10.1 Å². The van der Waals surface area contributed by atoms with Gasteiger partial charge in [-0.05, 0) is 69.5 Å². The Bertz CT molecular complexity index is 1070. The highest BCUT2D eigenvalue weighted by Gasteiger charge is 2.19. The molecule has 0 unspecified atom stereocenters. The maximum atomic E-state index is 12.9. The van der Waals surface area contributed by atoms with E-state index < -0.39 is 0 Å². The van der Waals surface area contributed by atoms with Crippen LogP contribution in [-0.2, 0) is 6.42 Å². The number of benzene rings is 3. The highest BCUT2D eigenvalue weighted by molar-refractivity contribution is 9.10. The first-order valence-corrected chi connectivity index (χ1v) is 10.1. The number of methoxy groups -OCH3 is 1. The quantitative estimate of drug-likeness (QED) is 0.501. The van der Waals surface area contributed by atoms with Crippen LogP contribution in [-0.4, -0.2) is 18.1 Å². The lowest BCUT2D eigenvalue weighted by atomic mass is 10.1. The van der Waals surface area contributed by atoms with Crippen LogP contribution in [0.25, 0.3) is 10.8 Å². The van der Waals surface area contributed by atoms with Gasteiger partial charge >= 0.3 is 0 Å². The number of aryl methyl sites for hydroxylation is 2. The van der Waals surface area contributed by atoms with Crippen LogP contribution in [0.2, 0.25) is 0 Å². The molecule has 3 aromatic rings. The zero-order chi connectivity index (χ0) is 20.3. The van der Waals surface area contributed by atoms with Crippen LogP contribution in [0.3, 0.4) is 0 Å². The Hall–Kier alpha value is -2.44. The Morgan fingerprint density at radius 3 is 2.64 bits per heavy atom. The summed E-state index contributed by atoms with van der Waals surface area (Å²) in [5.41, 5.74) is 3.56. The number of thiocarbonyl (C=S) groups is 1. The first-order chi connectivity index (χ1) is 13.5. The Labute approximate surface area is 178 Å². The van der Waals surface area contributed by atoms with E-state index in [0.717, 1.165) is 38.5 Å². The van der Waals surface area contributed by atoms with Gasteiger partial charge in [-0.25, -0.2) is 0 Å². The molecular weight excluding hydrogens is 436 g/mol. The lowest BCUT2D eigenvalue weighted by molar-refractivity contribution is 0.0975. The van der Waals surface area contributed by atoms with Crippen LogP contribution in [0.15, 0.2) is 53.0 Å². The Morgan fingerprint density at radius 2 is 1.93 bits per heavy atom. The fourth-order valence-corrected chi connectivity index (χ4v) is 4.10. The summed E-state index contributed by atoms with van der Waals surface area (Å²) < 4.78 is 6.23. The summed E-state index contributed by atoms with van der Waals surface area (Å²) in [4.78, 5) is 12.9. The average molecular weight is 457 g/mol. The molecule has 0 aliphatic heterocycles. The van der Waals surface area contributed by atoms with Gasteiger partial charge in [-0.15, -0.1) is 0 Å². The van der Waals surface area contributed by atoms with Gasteiger partial charge in [0.2, 0.25) is 0 Å². The van der Waals surface area contributed by atoms with Crippen molar-refractivity contribution in [2.45, 2.75) is 20.3 Å². The zero-order valence-electron chi connectivity index (χ0n) is 15.9. The molecule has 6 heteroatoms. The third kappa shape index (κ3) is 4.03. The van der Waals surface area contributed by atoms with Crippen molar-refractivity contribution >= 4 is 55.6 Å². The van der Waals surface area contributed by atoms with Crippen molar-refractivity contribution in [1.82, 2.24) is 5.32 Å². The van der Waals surface area contributed by atoms with Gasteiger partial charge in [0, 0.05) is 5.69 Å². The fraction of sp³-hybridized carbons (Fsp3) is 0.182. The van der Waals surface area contributed by atoms with Gasteiger partial charge in [0.15, 0.2) is 5.11 Å². The second-order valence-corrected chi connectivity index (χ2v) is 7.56. The van der Waals surface area contributed by atoms with Crippen molar-refractivity contribution in [3.63, 3.8) is 0 Å². The number of fused-ring (bicyclic) bond motifs is 1. The molecule has 144 valence electrons. The minimum Gasteiger partial charge on any atom is -0.495 e. The van der Waals surface area contributed by atoms with Gasteiger partial charge in [0.05, 0.1) is 17.1 Å². The van der Waals surface area contributed by atoms with Crippen molar-refractivity contribution < 1.29 is 9.53 Å². The number of para-hydroxylation sites is 1. The molecule has 3 rings (SSSR count). The minimum absolute atomic E-state index is 0.250. The van der Waals surface area contributed by atoms with E-state index in [-0.39, 0.29) is 11.0 Å². The first-order valence-electron chi connectivity index (χ1n) is 8.92.